The maximum atomic E-state index is 12.5. The van der Waals surface area contributed by atoms with Crippen LogP contribution in [0.2, 0.25) is 0 Å². The molecular weight excluding hydrogens is 515 g/mol. The Balaban J connectivity index is 0.000000638. The standard InChI is InChI=1S/C22H25N3O6.C2HF3O2/c1-3-31-22(29)25-12-10-24(11-13-25)19-9-6-16(14-18(19)21(27)28)23-20(26)15-4-7-17(30-2)8-5-15;3-2(4,5)1(6)7/h4-9,14H,3,10-13H2,1-2H3,(H,23,26)(H,27,28);(H,6,7). The van der Waals surface area contributed by atoms with Gasteiger partial charge >= 0.3 is 24.2 Å². The zero-order valence-electron chi connectivity index (χ0n) is 20.4. The van der Waals surface area contributed by atoms with E-state index in [4.69, 9.17) is 19.4 Å². The Morgan fingerprint density at radius 2 is 1.55 bits per heavy atom. The van der Waals surface area contributed by atoms with Crippen molar-refractivity contribution < 1.29 is 52.0 Å². The molecule has 38 heavy (non-hydrogen) atoms. The Kier molecular flexibility index (Phi) is 10.3. The molecule has 0 atom stereocenters. The Morgan fingerprint density at radius 1 is 0.974 bits per heavy atom. The molecule has 2 aromatic carbocycles. The Hall–Kier alpha value is -4.49. The van der Waals surface area contributed by atoms with E-state index in [2.05, 4.69) is 5.32 Å². The van der Waals surface area contributed by atoms with E-state index in [1.54, 1.807) is 55.3 Å². The normalized spacial score (nSPS) is 13.1. The molecule has 0 bridgehead atoms. The zero-order valence-corrected chi connectivity index (χ0v) is 20.4. The van der Waals surface area contributed by atoms with Gasteiger partial charge in [-0.2, -0.15) is 13.2 Å². The predicted molar refractivity (Wildman–Crippen MR) is 129 cm³/mol. The van der Waals surface area contributed by atoms with Crippen molar-refractivity contribution >= 4 is 35.3 Å². The lowest BCUT2D eigenvalue weighted by atomic mass is 10.1. The average molecular weight is 541 g/mol. The first-order valence-electron chi connectivity index (χ1n) is 11.2. The molecule has 11 nitrogen and oxygen atoms in total. The van der Waals surface area contributed by atoms with Crippen molar-refractivity contribution in [2.24, 2.45) is 0 Å². The number of ether oxygens (including phenoxy) is 2. The number of rotatable bonds is 6. The number of piperazine rings is 1. The number of benzene rings is 2. The molecule has 0 saturated carbocycles. The molecule has 0 aliphatic carbocycles. The highest BCUT2D eigenvalue weighted by atomic mass is 19.4. The van der Waals surface area contributed by atoms with E-state index in [-0.39, 0.29) is 17.6 Å². The van der Waals surface area contributed by atoms with Crippen LogP contribution >= 0.6 is 0 Å². The molecule has 206 valence electrons. The molecule has 0 radical (unpaired) electrons. The minimum absolute atomic E-state index is 0.0807. The minimum atomic E-state index is -5.08. The number of aromatic carboxylic acids is 1. The van der Waals surface area contributed by atoms with Crippen molar-refractivity contribution in [1.82, 2.24) is 4.90 Å². The van der Waals surface area contributed by atoms with Crippen molar-refractivity contribution in [2.75, 3.05) is 50.1 Å². The van der Waals surface area contributed by atoms with Gasteiger partial charge in [0.25, 0.3) is 5.91 Å². The Bertz CT molecular complexity index is 1150. The van der Waals surface area contributed by atoms with Crippen LogP contribution in [0.25, 0.3) is 0 Å². The Labute approximate surface area is 215 Å². The van der Waals surface area contributed by atoms with Crippen molar-refractivity contribution in [3.8, 4) is 5.75 Å². The molecule has 3 N–H and O–H groups in total. The zero-order chi connectivity index (χ0) is 28.5. The van der Waals surface area contributed by atoms with Crippen LogP contribution in [-0.4, -0.2) is 85.1 Å². The van der Waals surface area contributed by atoms with Crippen LogP contribution in [-0.2, 0) is 9.53 Å². The van der Waals surface area contributed by atoms with E-state index in [0.29, 0.717) is 55.5 Å². The van der Waals surface area contributed by atoms with Crippen LogP contribution in [0, 0.1) is 0 Å². The highest BCUT2D eigenvalue weighted by Gasteiger charge is 2.38. The molecule has 1 heterocycles. The van der Waals surface area contributed by atoms with Crippen molar-refractivity contribution in [2.45, 2.75) is 13.1 Å². The maximum Gasteiger partial charge on any atom is 0.490 e. The van der Waals surface area contributed by atoms with E-state index in [1.807, 2.05) is 4.90 Å². The maximum absolute atomic E-state index is 12.5. The summed E-state index contributed by atoms with van der Waals surface area (Å²) in [5, 5.41) is 19.6. The van der Waals surface area contributed by atoms with Gasteiger partial charge in [0.2, 0.25) is 0 Å². The first kappa shape index (κ1) is 29.7. The Morgan fingerprint density at radius 3 is 2.03 bits per heavy atom. The predicted octanol–water partition coefficient (Wildman–Crippen LogP) is 3.56. The first-order chi connectivity index (χ1) is 17.9. The van der Waals surface area contributed by atoms with Crippen LogP contribution < -0.4 is 15.0 Å². The van der Waals surface area contributed by atoms with Crippen molar-refractivity contribution in [3.63, 3.8) is 0 Å². The summed E-state index contributed by atoms with van der Waals surface area (Å²) in [4.78, 5) is 48.6. The topological polar surface area (TPSA) is 146 Å². The van der Waals surface area contributed by atoms with Gasteiger partial charge in [-0.25, -0.2) is 14.4 Å². The number of hydrogen-bond donors (Lipinski definition) is 3. The van der Waals surface area contributed by atoms with Crippen LogP contribution in [0.4, 0.5) is 29.3 Å². The first-order valence-corrected chi connectivity index (χ1v) is 11.2. The molecular formula is C24H26F3N3O8. The number of halogens is 3. The lowest BCUT2D eigenvalue weighted by Gasteiger charge is -2.36. The number of anilines is 2. The van der Waals surface area contributed by atoms with Crippen LogP contribution in [0.5, 0.6) is 5.75 Å². The SMILES string of the molecule is CCOC(=O)N1CCN(c2ccc(NC(=O)c3ccc(OC)cc3)cc2C(=O)O)CC1.O=C(O)C(F)(F)F. The number of methoxy groups -OCH3 is 1. The number of amides is 2. The molecule has 3 rings (SSSR count). The molecule has 0 aromatic heterocycles. The molecule has 1 saturated heterocycles. The summed E-state index contributed by atoms with van der Waals surface area (Å²) in [5.41, 5.74) is 1.43. The quantitative estimate of drug-likeness (QED) is 0.500. The van der Waals surface area contributed by atoms with Gasteiger partial charge in [-0.1, -0.05) is 0 Å². The molecule has 0 unspecified atom stereocenters. The average Bonchev–Trinajstić information content (AvgIpc) is 2.88. The van der Waals surface area contributed by atoms with Gasteiger partial charge in [-0.15, -0.1) is 0 Å². The fourth-order valence-corrected chi connectivity index (χ4v) is 3.35. The number of nitrogens with one attached hydrogen (secondary N) is 1. The fourth-order valence-electron chi connectivity index (χ4n) is 3.35. The summed E-state index contributed by atoms with van der Waals surface area (Å²) in [6.07, 6.45) is -5.45. The number of carboxylic acids is 2. The molecule has 14 heteroatoms. The number of carboxylic acid groups (broad SMARTS) is 2. The second-order valence-corrected chi connectivity index (χ2v) is 7.70. The van der Waals surface area contributed by atoms with Gasteiger partial charge in [0, 0.05) is 37.4 Å². The van der Waals surface area contributed by atoms with Crippen molar-refractivity contribution in [3.05, 3.63) is 53.6 Å². The highest BCUT2D eigenvalue weighted by molar-refractivity contribution is 6.05. The number of hydrogen-bond acceptors (Lipinski definition) is 7. The van der Waals surface area contributed by atoms with Gasteiger partial charge in [-0.05, 0) is 49.4 Å². The highest BCUT2D eigenvalue weighted by Crippen LogP contribution is 2.26. The lowest BCUT2D eigenvalue weighted by Crippen LogP contribution is -2.49. The summed E-state index contributed by atoms with van der Waals surface area (Å²) in [6, 6.07) is 11.4. The largest absolute Gasteiger partial charge is 0.497 e. The lowest BCUT2D eigenvalue weighted by molar-refractivity contribution is -0.192. The second kappa shape index (κ2) is 13.2. The molecule has 2 amide bonds. The third-order valence-corrected chi connectivity index (χ3v) is 5.23. The van der Waals surface area contributed by atoms with Gasteiger partial charge in [0.05, 0.1) is 25.0 Å². The molecule has 1 aliphatic rings. The minimum Gasteiger partial charge on any atom is -0.497 e. The van der Waals surface area contributed by atoms with Gasteiger partial charge < -0.3 is 34.8 Å². The van der Waals surface area contributed by atoms with Crippen LogP contribution in [0.1, 0.15) is 27.6 Å². The summed E-state index contributed by atoms with van der Waals surface area (Å²) >= 11 is 0. The number of alkyl halides is 3. The summed E-state index contributed by atoms with van der Waals surface area (Å²) in [5.74, 6) is -3.57. The van der Waals surface area contributed by atoms with E-state index in [0.717, 1.165) is 0 Å². The van der Waals surface area contributed by atoms with Gasteiger partial charge in [0.1, 0.15) is 5.75 Å². The molecule has 0 spiro atoms. The molecule has 1 fully saturated rings. The summed E-state index contributed by atoms with van der Waals surface area (Å²) in [6.45, 7) is 3.91. The van der Waals surface area contributed by atoms with E-state index in [1.165, 1.54) is 6.07 Å². The third-order valence-electron chi connectivity index (χ3n) is 5.23. The second-order valence-electron chi connectivity index (χ2n) is 7.70. The van der Waals surface area contributed by atoms with Gasteiger partial charge in [-0.3, -0.25) is 4.79 Å². The van der Waals surface area contributed by atoms with E-state index < -0.39 is 18.1 Å². The third kappa shape index (κ3) is 8.28. The van der Waals surface area contributed by atoms with Crippen LogP contribution in [0.3, 0.4) is 0 Å². The number of aliphatic carboxylic acids is 1. The van der Waals surface area contributed by atoms with Gasteiger partial charge in [0.15, 0.2) is 0 Å². The van der Waals surface area contributed by atoms with Crippen LogP contribution in [0.15, 0.2) is 42.5 Å². The van der Waals surface area contributed by atoms with Crippen molar-refractivity contribution in [1.29, 1.82) is 0 Å². The fraction of sp³-hybridized carbons (Fsp3) is 0.333. The number of carbonyl (C=O) groups excluding carboxylic acids is 2. The number of nitrogens with zero attached hydrogens (tertiary/aromatic N) is 2. The number of carbonyl (C=O) groups is 4. The monoisotopic (exact) mass is 541 g/mol. The smallest absolute Gasteiger partial charge is 0.490 e. The molecule has 2 aromatic rings. The summed E-state index contributed by atoms with van der Waals surface area (Å²) < 4.78 is 41.8. The molecule has 1 aliphatic heterocycles. The van der Waals surface area contributed by atoms with E-state index >= 15 is 0 Å². The van der Waals surface area contributed by atoms with E-state index in [9.17, 15) is 32.7 Å². The summed E-state index contributed by atoms with van der Waals surface area (Å²) in [7, 11) is 1.54.